The second-order valence-corrected chi connectivity index (χ2v) is 8.07. The van der Waals surface area contributed by atoms with Gasteiger partial charge in [-0.1, -0.05) is 29.8 Å². The van der Waals surface area contributed by atoms with Gasteiger partial charge in [0.15, 0.2) is 12.4 Å². The molecule has 9 heteroatoms. The summed E-state index contributed by atoms with van der Waals surface area (Å²) in [5.74, 6) is -3.30. The van der Waals surface area contributed by atoms with Crippen molar-refractivity contribution >= 4 is 47.0 Å². The maximum absolute atomic E-state index is 12.4. The van der Waals surface area contributed by atoms with Crippen LogP contribution in [0.5, 0.6) is 0 Å². The number of hydrogen-bond donors (Lipinski definition) is 1. The van der Waals surface area contributed by atoms with Crippen molar-refractivity contribution in [1.82, 2.24) is 0 Å². The van der Waals surface area contributed by atoms with Crippen molar-refractivity contribution < 1.29 is 33.8 Å². The van der Waals surface area contributed by atoms with Gasteiger partial charge < -0.3 is 9.84 Å². The first kappa shape index (κ1) is 22.2. The molecule has 31 heavy (non-hydrogen) atoms. The smallest absolute Gasteiger partial charge is 0.338 e. The van der Waals surface area contributed by atoms with Crippen molar-refractivity contribution in [2.45, 2.75) is 18.6 Å². The largest absolute Gasteiger partial charge is 0.481 e. The first-order chi connectivity index (χ1) is 14.8. The number of carbonyl (C=O) groups is 5. The van der Waals surface area contributed by atoms with Crippen LogP contribution in [0.1, 0.15) is 32.7 Å². The third-order valence-corrected chi connectivity index (χ3v) is 5.77. The average molecular weight is 441 g/mol. The number of aryl methyl sites for hydroxylation is 1. The first-order valence-corrected chi connectivity index (χ1v) is 10.4. The molecular weight excluding hydrogens is 422 g/mol. The molecule has 0 aliphatic carbocycles. The normalized spacial score (nSPS) is 15.8. The Hall–Kier alpha value is -3.46. The molecule has 1 N–H and O–H groups in total. The lowest BCUT2D eigenvalue weighted by Gasteiger charge is -2.15. The molecule has 1 atom stereocenters. The minimum absolute atomic E-state index is 0.0817. The van der Waals surface area contributed by atoms with E-state index in [1.165, 1.54) is 24.3 Å². The molecule has 2 aromatic carbocycles. The third-order valence-electron chi connectivity index (χ3n) is 4.58. The predicted octanol–water partition coefficient (Wildman–Crippen LogP) is 2.48. The lowest BCUT2D eigenvalue weighted by Crippen LogP contribution is -2.31. The number of imide groups is 1. The summed E-state index contributed by atoms with van der Waals surface area (Å²) in [6.07, 6.45) is -0.0817. The maximum Gasteiger partial charge on any atom is 0.338 e. The van der Waals surface area contributed by atoms with Crippen LogP contribution in [0, 0.1) is 6.92 Å². The molecule has 0 bridgehead atoms. The zero-order valence-electron chi connectivity index (χ0n) is 16.6. The Balaban J connectivity index is 1.60. The van der Waals surface area contributed by atoms with Gasteiger partial charge in [-0.15, -0.1) is 11.8 Å². The third kappa shape index (κ3) is 5.37. The number of amides is 2. The van der Waals surface area contributed by atoms with Crippen LogP contribution < -0.4 is 4.90 Å². The highest BCUT2D eigenvalue weighted by molar-refractivity contribution is 8.01. The number of ether oxygens (including phenoxy) is 1. The number of ketones is 1. The standard InChI is InChI=1S/C22H19NO7S/c1-13-2-4-14(5-3-13)17(24)11-30-22(29)15-6-8-16(9-7-15)23-19(25)10-18(21(23)28)31-12-20(26)27/h2-9,18H,10-12H2,1H3,(H,26,27). The van der Waals surface area contributed by atoms with Gasteiger partial charge in [0, 0.05) is 12.0 Å². The number of Topliss-reactive ketones (excluding diaryl/α,β-unsaturated/α-hetero) is 1. The molecule has 0 spiro atoms. The van der Waals surface area contributed by atoms with Crippen molar-refractivity contribution in [2.24, 2.45) is 0 Å². The molecule has 2 aromatic rings. The summed E-state index contributed by atoms with van der Waals surface area (Å²) < 4.78 is 5.06. The van der Waals surface area contributed by atoms with Crippen LogP contribution in [0.25, 0.3) is 0 Å². The summed E-state index contributed by atoms with van der Waals surface area (Å²) in [5, 5.41) is 8.00. The summed E-state index contributed by atoms with van der Waals surface area (Å²) in [6.45, 7) is 1.49. The minimum Gasteiger partial charge on any atom is -0.481 e. The van der Waals surface area contributed by atoms with Crippen molar-refractivity contribution in [3.63, 3.8) is 0 Å². The van der Waals surface area contributed by atoms with E-state index in [-0.39, 0.29) is 29.2 Å². The van der Waals surface area contributed by atoms with Crippen LogP contribution in [-0.4, -0.2) is 52.3 Å². The van der Waals surface area contributed by atoms with Crippen LogP contribution in [-0.2, 0) is 19.1 Å². The van der Waals surface area contributed by atoms with E-state index >= 15 is 0 Å². The summed E-state index contributed by atoms with van der Waals surface area (Å²) >= 11 is 0.901. The molecule has 3 rings (SSSR count). The summed E-state index contributed by atoms with van der Waals surface area (Å²) in [7, 11) is 0. The molecule has 0 aromatic heterocycles. The Morgan fingerprint density at radius 2 is 1.65 bits per heavy atom. The van der Waals surface area contributed by atoms with Gasteiger partial charge in [0.1, 0.15) is 0 Å². The molecule has 1 fully saturated rings. The van der Waals surface area contributed by atoms with Gasteiger partial charge in [-0.25, -0.2) is 9.69 Å². The van der Waals surface area contributed by atoms with Gasteiger partial charge in [-0.3, -0.25) is 19.2 Å². The second kappa shape index (κ2) is 9.57. The van der Waals surface area contributed by atoms with Gasteiger partial charge in [-0.2, -0.15) is 0 Å². The van der Waals surface area contributed by atoms with E-state index in [9.17, 15) is 24.0 Å². The molecule has 8 nitrogen and oxygen atoms in total. The van der Waals surface area contributed by atoms with E-state index in [1.807, 2.05) is 6.92 Å². The van der Waals surface area contributed by atoms with Gasteiger partial charge in [0.25, 0.3) is 0 Å². The number of carboxylic acid groups (broad SMARTS) is 1. The summed E-state index contributed by atoms with van der Waals surface area (Å²) in [4.78, 5) is 60.7. The Morgan fingerprint density at radius 3 is 2.26 bits per heavy atom. The van der Waals surface area contributed by atoms with E-state index in [2.05, 4.69) is 0 Å². The van der Waals surface area contributed by atoms with E-state index in [1.54, 1.807) is 24.3 Å². The molecule has 160 valence electrons. The van der Waals surface area contributed by atoms with E-state index in [0.29, 0.717) is 5.56 Å². The zero-order valence-corrected chi connectivity index (χ0v) is 17.4. The van der Waals surface area contributed by atoms with Crippen molar-refractivity contribution in [3.05, 3.63) is 65.2 Å². The van der Waals surface area contributed by atoms with E-state index in [0.717, 1.165) is 22.2 Å². The highest BCUT2D eigenvalue weighted by atomic mass is 32.2. The van der Waals surface area contributed by atoms with Gasteiger partial charge in [0.05, 0.1) is 22.3 Å². The van der Waals surface area contributed by atoms with Crippen LogP contribution in [0.2, 0.25) is 0 Å². The van der Waals surface area contributed by atoms with Crippen LogP contribution in [0.15, 0.2) is 48.5 Å². The van der Waals surface area contributed by atoms with E-state index < -0.39 is 35.6 Å². The maximum atomic E-state index is 12.4. The minimum atomic E-state index is -1.06. The summed E-state index contributed by atoms with van der Waals surface area (Å²) in [6, 6.07) is 12.5. The number of benzene rings is 2. The predicted molar refractivity (Wildman–Crippen MR) is 113 cm³/mol. The first-order valence-electron chi connectivity index (χ1n) is 9.33. The van der Waals surface area contributed by atoms with Crippen LogP contribution >= 0.6 is 11.8 Å². The Bertz CT molecular complexity index is 1030. The highest BCUT2D eigenvalue weighted by Gasteiger charge is 2.40. The number of nitrogens with zero attached hydrogens (tertiary/aromatic N) is 1. The monoisotopic (exact) mass is 441 g/mol. The lowest BCUT2D eigenvalue weighted by atomic mass is 10.1. The summed E-state index contributed by atoms with van der Waals surface area (Å²) in [5.41, 5.74) is 1.89. The fraction of sp³-hybridized carbons (Fsp3) is 0.227. The molecule has 1 aliphatic rings. The topological polar surface area (TPSA) is 118 Å². The molecule has 1 saturated heterocycles. The number of thioether (sulfide) groups is 1. The number of carbonyl (C=O) groups excluding carboxylic acids is 4. The lowest BCUT2D eigenvalue weighted by molar-refractivity contribution is -0.134. The number of hydrogen-bond acceptors (Lipinski definition) is 7. The number of esters is 1. The SMILES string of the molecule is Cc1ccc(C(=O)COC(=O)c2ccc(N3C(=O)CC(SCC(=O)O)C3=O)cc2)cc1. The molecule has 2 amide bonds. The van der Waals surface area contributed by atoms with E-state index in [4.69, 9.17) is 9.84 Å². The molecule has 0 saturated carbocycles. The molecule has 1 unspecified atom stereocenters. The Kier molecular flexibility index (Phi) is 6.86. The second-order valence-electron chi connectivity index (χ2n) is 6.88. The Labute approximate surface area is 182 Å². The van der Waals surface area contributed by atoms with Crippen molar-refractivity contribution in [2.75, 3.05) is 17.3 Å². The quantitative estimate of drug-likeness (QED) is 0.377. The highest BCUT2D eigenvalue weighted by Crippen LogP contribution is 2.29. The fourth-order valence-corrected chi connectivity index (χ4v) is 3.81. The number of aliphatic carboxylic acids is 1. The number of carboxylic acids is 1. The van der Waals surface area contributed by atoms with Crippen LogP contribution in [0.3, 0.4) is 0 Å². The van der Waals surface area contributed by atoms with Crippen LogP contribution in [0.4, 0.5) is 5.69 Å². The average Bonchev–Trinajstić information content (AvgIpc) is 3.04. The van der Waals surface area contributed by atoms with Gasteiger partial charge in [-0.05, 0) is 31.2 Å². The van der Waals surface area contributed by atoms with Gasteiger partial charge in [0.2, 0.25) is 11.8 Å². The number of rotatable bonds is 8. The van der Waals surface area contributed by atoms with Gasteiger partial charge >= 0.3 is 11.9 Å². The number of anilines is 1. The zero-order chi connectivity index (χ0) is 22.5. The molecular formula is C22H19NO7S. The fourth-order valence-electron chi connectivity index (χ4n) is 2.96. The molecule has 0 radical (unpaired) electrons. The molecule has 1 heterocycles. The Morgan fingerprint density at radius 1 is 1.03 bits per heavy atom. The van der Waals surface area contributed by atoms with Crippen molar-refractivity contribution in [1.29, 1.82) is 0 Å². The van der Waals surface area contributed by atoms with Crippen molar-refractivity contribution in [3.8, 4) is 0 Å². The molecule has 1 aliphatic heterocycles.